The van der Waals surface area contributed by atoms with Gasteiger partial charge in [0, 0.05) is 35.7 Å². The zero-order chi connectivity index (χ0) is 20.9. The van der Waals surface area contributed by atoms with Crippen LogP contribution in [0.2, 0.25) is 0 Å². The first-order valence-electron chi connectivity index (χ1n) is 9.49. The average Bonchev–Trinajstić information content (AvgIpc) is 2.79. The topological polar surface area (TPSA) is 82.6 Å². The molecule has 0 bridgehead atoms. The van der Waals surface area contributed by atoms with E-state index in [-0.39, 0.29) is 0 Å². The third-order valence-electron chi connectivity index (χ3n) is 4.97. The fourth-order valence-electron chi connectivity index (χ4n) is 3.50. The van der Waals surface area contributed by atoms with E-state index in [0.717, 1.165) is 39.2 Å². The van der Waals surface area contributed by atoms with Crippen molar-refractivity contribution < 1.29 is 4.74 Å². The summed E-state index contributed by atoms with van der Waals surface area (Å²) in [6.45, 7) is 0. The minimum atomic E-state index is 0.603. The Labute approximate surface area is 174 Å². The highest BCUT2D eigenvalue weighted by molar-refractivity contribution is 5.90. The highest BCUT2D eigenvalue weighted by Crippen LogP contribution is 2.31. The molecular weight excluding hydrogens is 372 g/mol. The number of nitrogens with zero attached hydrogens (tertiary/aromatic N) is 4. The number of hydrogen-bond donors (Lipinski definition) is 0. The molecule has 0 amide bonds. The Morgan fingerprint density at radius 1 is 0.867 bits per heavy atom. The summed E-state index contributed by atoms with van der Waals surface area (Å²) in [6, 6.07) is 23.3. The normalized spacial score (nSPS) is 10.4. The van der Waals surface area contributed by atoms with Crippen molar-refractivity contribution in [2.24, 2.45) is 0 Å². The Kier molecular flexibility index (Phi) is 5.37. The molecule has 0 aliphatic carbocycles. The van der Waals surface area contributed by atoms with Crippen molar-refractivity contribution in [2.75, 3.05) is 7.11 Å². The van der Waals surface area contributed by atoms with Crippen LogP contribution >= 0.6 is 0 Å². The summed E-state index contributed by atoms with van der Waals surface area (Å²) in [5.74, 6) is 1.53. The van der Waals surface area contributed by atoms with Crippen LogP contribution in [-0.4, -0.2) is 17.1 Å². The molecule has 144 valence electrons. The van der Waals surface area contributed by atoms with Crippen LogP contribution in [0.5, 0.6) is 5.75 Å². The molecule has 0 unspecified atom stereocenters. The molecular formula is C25H18N4O. The Morgan fingerprint density at radius 2 is 1.63 bits per heavy atom. The highest BCUT2D eigenvalue weighted by atomic mass is 16.5. The van der Waals surface area contributed by atoms with E-state index in [9.17, 15) is 0 Å². The van der Waals surface area contributed by atoms with Gasteiger partial charge in [-0.2, -0.15) is 10.5 Å². The molecule has 1 aromatic heterocycles. The van der Waals surface area contributed by atoms with Crippen molar-refractivity contribution in [2.45, 2.75) is 12.8 Å². The van der Waals surface area contributed by atoms with E-state index < -0.39 is 0 Å². The van der Waals surface area contributed by atoms with Gasteiger partial charge >= 0.3 is 0 Å². The number of nitriles is 2. The van der Waals surface area contributed by atoms with Gasteiger partial charge in [0.15, 0.2) is 0 Å². The van der Waals surface area contributed by atoms with Gasteiger partial charge in [0.1, 0.15) is 11.6 Å². The van der Waals surface area contributed by atoms with Gasteiger partial charge in [0.05, 0.1) is 30.4 Å². The van der Waals surface area contributed by atoms with Crippen molar-refractivity contribution >= 4 is 10.8 Å². The van der Waals surface area contributed by atoms with Gasteiger partial charge in [-0.1, -0.05) is 24.3 Å². The second kappa shape index (κ2) is 8.43. The summed E-state index contributed by atoms with van der Waals surface area (Å²) in [4.78, 5) is 9.11. The quantitative estimate of drug-likeness (QED) is 0.499. The first kappa shape index (κ1) is 19.1. The molecule has 0 saturated heterocycles. The van der Waals surface area contributed by atoms with E-state index in [2.05, 4.69) is 17.1 Å². The molecule has 4 rings (SSSR count). The molecule has 0 aliphatic rings. The number of hydrogen-bond acceptors (Lipinski definition) is 5. The van der Waals surface area contributed by atoms with Gasteiger partial charge in [-0.15, -0.1) is 0 Å². The fraction of sp³-hybridized carbons (Fsp3) is 0.120. The Balaban J connectivity index is 1.61. The number of rotatable bonds is 5. The second-order valence-electron chi connectivity index (χ2n) is 6.93. The molecule has 0 aliphatic heterocycles. The van der Waals surface area contributed by atoms with Crippen LogP contribution in [0, 0.1) is 22.7 Å². The van der Waals surface area contributed by atoms with E-state index in [4.69, 9.17) is 20.2 Å². The molecule has 1 heterocycles. The number of fused-ring (bicyclic) bond motifs is 1. The molecule has 30 heavy (non-hydrogen) atoms. The fourth-order valence-corrected chi connectivity index (χ4v) is 3.50. The molecule has 0 spiro atoms. The summed E-state index contributed by atoms with van der Waals surface area (Å²) in [5, 5.41) is 20.0. The zero-order valence-electron chi connectivity index (χ0n) is 16.5. The summed E-state index contributed by atoms with van der Waals surface area (Å²) in [5.41, 5.74) is 4.25. The van der Waals surface area contributed by atoms with Gasteiger partial charge in [0.25, 0.3) is 0 Å². The maximum absolute atomic E-state index is 9.12. The van der Waals surface area contributed by atoms with Gasteiger partial charge in [-0.05, 0) is 47.3 Å². The van der Waals surface area contributed by atoms with Crippen LogP contribution < -0.4 is 4.74 Å². The highest BCUT2D eigenvalue weighted by Gasteiger charge is 2.11. The predicted octanol–water partition coefficient (Wildman–Crippen LogP) is 4.56. The van der Waals surface area contributed by atoms with E-state index in [1.54, 1.807) is 31.5 Å². The standard InChI is InChI=1S/C25H18N4O/c1-30-25-21(8-7-20-12-19(16-27)6-9-23(20)25)14-22-10-11-28-24(29-22)13-17-2-4-18(15-26)5-3-17/h2-12H,13-14H2,1H3. The van der Waals surface area contributed by atoms with Crippen molar-refractivity contribution in [3.05, 3.63) is 101 Å². The molecule has 0 radical (unpaired) electrons. The van der Waals surface area contributed by atoms with Crippen molar-refractivity contribution in [3.63, 3.8) is 0 Å². The zero-order valence-corrected chi connectivity index (χ0v) is 16.5. The molecule has 4 aromatic rings. The lowest BCUT2D eigenvalue weighted by Crippen LogP contribution is -2.02. The third-order valence-corrected chi connectivity index (χ3v) is 4.97. The Hall–Kier alpha value is -4.22. The minimum Gasteiger partial charge on any atom is -0.496 e. The summed E-state index contributed by atoms with van der Waals surface area (Å²) in [6.07, 6.45) is 2.99. The molecule has 0 N–H and O–H groups in total. The van der Waals surface area contributed by atoms with Gasteiger partial charge in [-0.3, -0.25) is 0 Å². The maximum Gasteiger partial charge on any atom is 0.132 e. The lowest BCUT2D eigenvalue weighted by Gasteiger charge is -2.12. The van der Waals surface area contributed by atoms with E-state index in [1.807, 2.05) is 42.5 Å². The Morgan fingerprint density at radius 3 is 2.37 bits per heavy atom. The van der Waals surface area contributed by atoms with Crippen molar-refractivity contribution in [1.29, 1.82) is 10.5 Å². The van der Waals surface area contributed by atoms with Crippen LogP contribution in [0.25, 0.3) is 10.8 Å². The smallest absolute Gasteiger partial charge is 0.132 e. The molecule has 0 atom stereocenters. The first-order valence-corrected chi connectivity index (χ1v) is 9.49. The van der Waals surface area contributed by atoms with Crippen LogP contribution in [-0.2, 0) is 12.8 Å². The van der Waals surface area contributed by atoms with Crippen molar-refractivity contribution in [1.82, 2.24) is 9.97 Å². The summed E-state index contributed by atoms with van der Waals surface area (Å²) < 4.78 is 5.70. The first-order chi connectivity index (χ1) is 14.7. The van der Waals surface area contributed by atoms with Crippen LogP contribution in [0.1, 0.15) is 33.8 Å². The molecule has 5 nitrogen and oxygen atoms in total. The lowest BCUT2D eigenvalue weighted by molar-refractivity contribution is 0.415. The van der Waals surface area contributed by atoms with E-state index >= 15 is 0 Å². The predicted molar refractivity (Wildman–Crippen MR) is 114 cm³/mol. The Bertz CT molecular complexity index is 1300. The van der Waals surface area contributed by atoms with Crippen LogP contribution in [0.15, 0.2) is 66.9 Å². The third kappa shape index (κ3) is 3.97. The largest absolute Gasteiger partial charge is 0.496 e. The summed E-state index contributed by atoms with van der Waals surface area (Å²) in [7, 11) is 1.66. The van der Waals surface area contributed by atoms with Gasteiger partial charge in [0.2, 0.25) is 0 Å². The molecule has 0 fully saturated rings. The van der Waals surface area contributed by atoms with Gasteiger partial charge in [-0.25, -0.2) is 9.97 Å². The number of ether oxygens (including phenoxy) is 1. The van der Waals surface area contributed by atoms with Gasteiger partial charge < -0.3 is 4.74 Å². The SMILES string of the molecule is COc1c(Cc2ccnc(Cc3ccc(C#N)cc3)n2)ccc2cc(C#N)ccc12. The average molecular weight is 390 g/mol. The monoisotopic (exact) mass is 390 g/mol. The summed E-state index contributed by atoms with van der Waals surface area (Å²) >= 11 is 0. The molecule has 5 heteroatoms. The van der Waals surface area contributed by atoms with E-state index in [1.165, 1.54) is 0 Å². The number of benzene rings is 3. The number of aromatic nitrogens is 2. The van der Waals surface area contributed by atoms with E-state index in [0.29, 0.717) is 24.0 Å². The van der Waals surface area contributed by atoms with Crippen LogP contribution in [0.4, 0.5) is 0 Å². The second-order valence-corrected chi connectivity index (χ2v) is 6.93. The maximum atomic E-state index is 9.12. The number of methoxy groups -OCH3 is 1. The van der Waals surface area contributed by atoms with Crippen LogP contribution in [0.3, 0.4) is 0 Å². The molecule has 0 saturated carbocycles. The van der Waals surface area contributed by atoms with Crippen molar-refractivity contribution in [3.8, 4) is 17.9 Å². The molecule has 3 aromatic carbocycles. The minimum absolute atomic E-state index is 0.603. The lowest BCUT2D eigenvalue weighted by atomic mass is 10.0.